The molecule has 1 amide bonds. The van der Waals surface area contributed by atoms with Gasteiger partial charge in [0.1, 0.15) is 12.2 Å². The van der Waals surface area contributed by atoms with Crippen LogP contribution in [0.15, 0.2) is 18.3 Å². The van der Waals surface area contributed by atoms with Gasteiger partial charge in [-0.2, -0.15) is 5.26 Å². The van der Waals surface area contributed by atoms with Crippen LogP contribution in [0.1, 0.15) is 18.4 Å². The second-order valence-electron chi connectivity index (χ2n) is 4.75. The number of hydrogen-bond donors (Lipinski definition) is 0. The Balaban J connectivity index is 1.50. The Morgan fingerprint density at radius 1 is 1.44 bits per heavy atom. The fourth-order valence-corrected chi connectivity index (χ4v) is 1.97. The summed E-state index contributed by atoms with van der Waals surface area (Å²) >= 11 is 0. The molecule has 3 rings (SSSR count). The van der Waals surface area contributed by atoms with Crippen LogP contribution in [0.3, 0.4) is 0 Å². The molecule has 0 spiro atoms. The zero-order valence-corrected chi connectivity index (χ0v) is 9.87. The molecule has 92 valence electrons. The predicted octanol–water partition coefficient (Wildman–Crippen LogP) is 0.953. The fraction of sp³-hybridized carbons (Fsp3) is 0.462. The minimum absolute atomic E-state index is 0.0353. The minimum atomic E-state index is 0.0353. The summed E-state index contributed by atoms with van der Waals surface area (Å²) in [5, 5.41) is 8.65. The molecule has 0 N–H and O–H groups in total. The van der Waals surface area contributed by atoms with Crippen molar-refractivity contribution < 1.29 is 9.53 Å². The molecule has 0 radical (unpaired) electrons. The molecule has 2 aliphatic rings. The average Bonchev–Trinajstić information content (AvgIpc) is 3.17. The second kappa shape index (κ2) is 4.30. The van der Waals surface area contributed by atoms with E-state index in [0.29, 0.717) is 24.5 Å². The largest absolute Gasteiger partial charge is 0.471 e. The van der Waals surface area contributed by atoms with Crippen molar-refractivity contribution in [2.24, 2.45) is 5.92 Å². The summed E-state index contributed by atoms with van der Waals surface area (Å²) < 4.78 is 5.62. The summed E-state index contributed by atoms with van der Waals surface area (Å²) in [6.07, 6.45) is 3.60. The highest BCUT2D eigenvalue weighted by Crippen LogP contribution is 2.32. The first-order valence-electron chi connectivity index (χ1n) is 6.08. The highest BCUT2D eigenvalue weighted by Gasteiger charge is 2.40. The molecule has 0 atom stereocenters. The summed E-state index contributed by atoms with van der Waals surface area (Å²) in [5.41, 5.74) is 0.515. The minimum Gasteiger partial charge on any atom is -0.471 e. The van der Waals surface area contributed by atoms with E-state index >= 15 is 0 Å². The lowest BCUT2D eigenvalue weighted by Crippen LogP contribution is -2.56. The molecule has 1 saturated heterocycles. The fourth-order valence-electron chi connectivity index (χ4n) is 1.97. The van der Waals surface area contributed by atoms with Gasteiger partial charge >= 0.3 is 0 Å². The number of nitriles is 1. The standard InChI is InChI=1S/C13H13N3O2/c14-5-9-1-4-12(15-6-9)18-11-7-16(8-11)13(17)10-2-3-10/h1,4,6,10-11H,2-3,7-8H2. The number of rotatable bonds is 3. The van der Waals surface area contributed by atoms with Gasteiger partial charge in [-0.05, 0) is 18.9 Å². The number of ether oxygens (including phenoxy) is 1. The monoisotopic (exact) mass is 243 g/mol. The molecule has 0 aromatic carbocycles. The van der Waals surface area contributed by atoms with E-state index in [0.717, 1.165) is 12.8 Å². The Morgan fingerprint density at radius 3 is 2.78 bits per heavy atom. The van der Waals surface area contributed by atoms with Gasteiger partial charge < -0.3 is 9.64 Å². The topological polar surface area (TPSA) is 66.2 Å². The van der Waals surface area contributed by atoms with Crippen molar-refractivity contribution in [1.29, 1.82) is 5.26 Å². The van der Waals surface area contributed by atoms with Crippen molar-refractivity contribution in [3.05, 3.63) is 23.9 Å². The highest BCUT2D eigenvalue weighted by molar-refractivity contribution is 5.81. The van der Waals surface area contributed by atoms with Gasteiger partial charge in [-0.3, -0.25) is 4.79 Å². The number of amides is 1. The van der Waals surface area contributed by atoms with Gasteiger partial charge in [0, 0.05) is 18.2 Å². The van der Waals surface area contributed by atoms with Crippen LogP contribution < -0.4 is 4.74 Å². The van der Waals surface area contributed by atoms with Gasteiger partial charge in [0.05, 0.1) is 18.7 Å². The molecular formula is C13H13N3O2. The number of nitrogens with zero attached hydrogens (tertiary/aromatic N) is 3. The SMILES string of the molecule is N#Cc1ccc(OC2CN(C(=O)C3CC3)C2)nc1. The molecule has 18 heavy (non-hydrogen) atoms. The van der Waals surface area contributed by atoms with E-state index in [1.54, 1.807) is 12.1 Å². The van der Waals surface area contributed by atoms with Gasteiger partial charge in [-0.1, -0.05) is 0 Å². The van der Waals surface area contributed by atoms with Crippen LogP contribution in [0.25, 0.3) is 0 Å². The van der Waals surface area contributed by atoms with Gasteiger partial charge in [0.2, 0.25) is 11.8 Å². The van der Waals surface area contributed by atoms with Crippen LogP contribution in [0.4, 0.5) is 0 Å². The second-order valence-corrected chi connectivity index (χ2v) is 4.75. The van der Waals surface area contributed by atoms with Crippen LogP contribution in [0.5, 0.6) is 5.88 Å². The molecule has 1 aromatic rings. The van der Waals surface area contributed by atoms with E-state index in [2.05, 4.69) is 4.98 Å². The Morgan fingerprint density at radius 2 is 2.22 bits per heavy atom. The van der Waals surface area contributed by atoms with Crippen molar-refractivity contribution in [3.63, 3.8) is 0 Å². The maximum absolute atomic E-state index is 11.7. The lowest BCUT2D eigenvalue weighted by Gasteiger charge is -2.38. The van der Waals surface area contributed by atoms with E-state index in [9.17, 15) is 4.79 Å². The van der Waals surface area contributed by atoms with Crippen molar-refractivity contribution in [2.75, 3.05) is 13.1 Å². The average molecular weight is 243 g/mol. The molecule has 5 nitrogen and oxygen atoms in total. The summed E-state index contributed by atoms with van der Waals surface area (Å²) in [4.78, 5) is 17.6. The number of carbonyl (C=O) groups excluding carboxylic acids is 1. The number of aromatic nitrogens is 1. The number of pyridine rings is 1. The quantitative estimate of drug-likeness (QED) is 0.792. The van der Waals surface area contributed by atoms with E-state index in [4.69, 9.17) is 10.00 Å². The lowest BCUT2D eigenvalue weighted by molar-refractivity contribution is -0.141. The first-order chi connectivity index (χ1) is 8.76. The maximum atomic E-state index is 11.7. The van der Waals surface area contributed by atoms with Crippen molar-refractivity contribution in [3.8, 4) is 11.9 Å². The van der Waals surface area contributed by atoms with Crippen LogP contribution >= 0.6 is 0 Å². The van der Waals surface area contributed by atoms with Crippen LogP contribution in [-0.4, -0.2) is 35.0 Å². The molecule has 1 saturated carbocycles. The van der Waals surface area contributed by atoms with Gasteiger partial charge in [0.15, 0.2) is 0 Å². The van der Waals surface area contributed by atoms with Crippen LogP contribution in [-0.2, 0) is 4.79 Å². The zero-order valence-electron chi connectivity index (χ0n) is 9.87. The first kappa shape index (κ1) is 11.0. The number of carbonyl (C=O) groups is 1. The third-order valence-electron chi connectivity index (χ3n) is 3.24. The van der Waals surface area contributed by atoms with E-state index in [-0.39, 0.29) is 17.9 Å². The molecule has 5 heteroatoms. The normalized spacial score (nSPS) is 18.9. The van der Waals surface area contributed by atoms with Crippen molar-refractivity contribution in [1.82, 2.24) is 9.88 Å². The van der Waals surface area contributed by atoms with E-state index in [1.807, 2.05) is 11.0 Å². The molecule has 0 bridgehead atoms. The summed E-state index contributed by atoms with van der Waals surface area (Å²) in [6.45, 7) is 1.30. The Hall–Kier alpha value is -2.09. The third-order valence-corrected chi connectivity index (χ3v) is 3.24. The molecule has 1 aliphatic heterocycles. The van der Waals surface area contributed by atoms with E-state index in [1.165, 1.54) is 6.20 Å². The van der Waals surface area contributed by atoms with Crippen molar-refractivity contribution >= 4 is 5.91 Å². The molecule has 1 aromatic heterocycles. The van der Waals surface area contributed by atoms with E-state index < -0.39 is 0 Å². The predicted molar refractivity (Wildman–Crippen MR) is 62.7 cm³/mol. The summed E-state index contributed by atoms with van der Waals surface area (Å²) in [6, 6.07) is 5.37. The zero-order chi connectivity index (χ0) is 12.5. The van der Waals surface area contributed by atoms with Gasteiger partial charge in [-0.15, -0.1) is 0 Å². The molecule has 2 fully saturated rings. The molecular weight excluding hydrogens is 230 g/mol. The smallest absolute Gasteiger partial charge is 0.225 e. The lowest BCUT2D eigenvalue weighted by atomic mass is 10.1. The third kappa shape index (κ3) is 2.14. The molecule has 0 unspecified atom stereocenters. The molecule has 2 heterocycles. The number of likely N-dealkylation sites (tertiary alicyclic amines) is 1. The maximum Gasteiger partial charge on any atom is 0.225 e. The Labute approximate surface area is 105 Å². The summed E-state index contributed by atoms with van der Waals surface area (Å²) in [5.74, 6) is 1.05. The van der Waals surface area contributed by atoms with Crippen LogP contribution in [0, 0.1) is 17.2 Å². The Bertz CT molecular complexity index is 496. The molecule has 1 aliphatic carbocycles. The number of hydrogen-bond acceptors (Lipinski definition) is 4. The van der Waals surface area contributed by atoms with Crippen molar-refractivity contribution in [2.45, 2.75) is 18.9 Å². The Kier molecular flexibility index (Phi) is 2.63. The first-order valence-corrected chi connectivity index (χ1v) is 6.08. The van der Waals surface area contributed by atoms with Crippen LogP contribution in [0.2, 0.25) is 0 Å². The van der Waals surface area contributed by atoms with Gasteiger partial charge in [-0.25, -0.2) is 4.98 Å². The summed E-state index contributed by atoms with van der Waals surface area (Å²) in [7, 11) is 0. The van der Waals surface area contributed by atoms with Gasteiger partial charge in [0.25, 0.3) is 0 Å². The highest BCUT2D eigenvalue weighted by atomic mass is 16.5.